The lowest BCUT2D eigenvalue weighted by molar-refractivity contribution is -0.140. The Hall–Kier alpha value is -0.430. The third kappa shape index (κ3) is 4.02. The first-order chi connectivity index (χ1) is 9.08. The van der Waals surface area contributed by atoms with E-state index in [1.807, 2.05) is 18.9 Å². The molecule has 0 aliphatic carbocycles. The number of nitrogens with zero attached hydrogens (tertiary/aromatic N) is 2. The molecule has 1 aromatic rings. The summed E-state index contributed by atoms with van der Waals surface area (Å²) in [7, 11) is 1.99. The van der Waals surface area contributed by atoms with Crippen molar-refractivity contribution in [3.63, 3.8) is 0 Å². The van der Waals surface area contributed by atoms with Crippen LogP contribution >= 0.6 is 27.3 Å². The number of hydrogen-bond acceptors (Lipinski definition) is 4. The highest BCUT2D eigenvalue weighted by Crippen LogP contribution is 2.22. The molecule has 6 heteroatoms. The molecule has 0 bridgehead atoms. The van der Waals surface area contributed by atoms with Crippen LogP contribution in [0, 0.1) is 0 Å². The van der Waals surface area contributed by atoms with Crippen LogP contribution in [0.3, 0.4) is 0 Å². The highest BCUT2D eigenvalue weighted by Gasteiger charge is 2.25. The molecule has 2 heterocycles. The van der Waals surface area contributed by atoms with Crippen molar-refractivity contribution in [3.05, 3.63) is 20.8 Å². The fourth-order valence-corrected chi connectivity index (χ4v) is 3.29. The van der Waals surface area contributed by atoms with Crippen molar-refractivity contribution < 1.29 is 9.53 Å². The number of ether oxygens (including phenoxy) is 1. The Morgan fingerprint density at radius 2 is 2.26 bits per heavy atom. The van der Waals surface area contributed by atoms with E-state index in [9.17, 15) is 4.79 Å². The first-order valence-corrected chi connectivity index (χ1v) is 8.05. The summed E-state index contributed by atoms with van der Waals surface area (Å²) >= 11 is 5.13. The van der Waals surface area contributed by atoms with E-state index in [0.29, 0.717) is 26.3 Å². The van der Waals surface area contributed by atoms with Gasteiger partial charge in [0, 0.05) is 19.6 Å². The van der Waals surface area contributed by atoms with E-state index >= 15 is 0 Å². The van der Waals surface area contributed by atoms with Crippen LogP contribution in [0.5, 0.6) is 0 Å². The molecule has 0 unspecified atom stereocenters. The van der Waals surface area contributed by atoms with Crippen molar-refractivity contribution >= 4 is 33.2 Å². The standard InChI is InChI=1S/C13H19BrN2O2S/c1-10(13(17)16-3-5-18-6-4-16)15(2)8-11-7-12(14)19-9-11/h7,9-10H,3-6,8H2,1-2H3/t10-/m0/s1. The van der Waals surface area contributed by atoms with Gasteiger partial charge in [0.2, 0.25) is 5.91 Å². The number of carbonyl (C=O) groups is 1. The van der Waals surface area contributed by atoms with Crippen molar-refractivity contribution in [2.75, 3.05) is 33.4 Å². The molecule has 0 N–H and O–H groups in total. The Balaban J connectivity index is 1.90. The first-order valence-electron chi connectivity index (χ1n) is 6.37. The van der Waals surface area contributed by atoms with E-state index in [-0.39, 0.29) is 11.9 Å². The Labute approximate surface area is 126 Å². The van der Waals surface area contributed by atoms with E-state index in [2.05, 4.69) is 32.3 Å². The maximum Gasteiger partial charge on any atom is 0.239 e. The van der Waals surface area contributed by atoms with E-state index in [1.54, 1.807) is 11.3 Å². The largest absolute Gasteiger partial charge is 0.378 e. The molecule has 2 rings (SSSR count). The minimum atomic E-state index is -0.100. The van der Waals surface area contributed by atoms with Gasteiger partial charge in [-0.25, -0.2) is 0 Å². The predicted molar refractivity (Wildman–Crippen MR) is 80.3 cm³/mol. The highest BCUT2D eigenvalue weighted by atomic mass is 79.9. The van der Waals surface area contributed by atoms with Crippen molar-refractivity contribution in [1.29, 1.82) is 0 Å². The quantitative estimate of drug-likeness (QED) is 0.837. The van der Waals surface area contributed by atoms with Gasteiger partial charge in [-0.1, -0.05) is 0 Å². The number of halogens is 1. The summed E-state index contributed by atoms with van der Waals surface area (Å²) in [5.41, 5.74) is 1.24. The summed E-state index contributed by atoms with van der Waals surface area (Å²) in [4.78, 5) is 16.3. The Morgan fingerprint density at radius 3 is 2.84 bits per heavy atom. The average molecular weight is 347 g/mol. The van der Waals surface area contributed by atoms with Gasteiger partial charge in [-0.2, -0.15) is 0 Å². The molecule has 1 aliphatic rings. The maximum absolute atomic E-state index is 12.4. The molecule has 1 aromatic heterocycles. The van der Waals surface area contributed by atoms with Gasteiger partial charge < -0.3 is 9.64 Å². The Kier molecular flexibility index (Phi) is 5.38. The molecule has 0 saturated carbocycles. The topological polar surface area (TPSA) is 32.8 Å². The van der Waals surface area contributed by atoms with Crippen molar-refractivity contribution in [1.82, 2.24) is 9.80 Å². The van der Waals surface area contributed by atoms with Crippen LogP contribution in [-0.4, -0.2) is 55.1 Å². The maximum atomic E-state index is 12.4. The summed E-state index contributed by atoms with van der Waals surface area (Å²) in [6, 6.07) is 2.00. The molecule has 1 fully saturated rings. The summed E-state index contributed by atoms with van der Waals surface area (Å²) in [5.74, 6) is 0.195. The number of likely N-dealkylation sites (N-methyl/N-ethyl adjacent to an activating group) is 1. The van der Waals surface area contributed by atoms with Gasteiger partial charge in [0.25, 0.3) is 0 Å². The van der Waals surface area contributed by atoms with E-state index in [0.717, 1.165) is 10.3 Å². The molecule has 4 nitrogen and oxygen atoms in total. The smallest absolute Gasteiger partial charge is 0.239 e. The number of hydrogen-bond donors (Lipinski definition) is 0. The normalized spacial score (nSPS) is 17.8. The van der Waals surface area contributed by atoms with E-state index in [1.165, 1.54) is 5.56 Å². The molecule has 0 aromatic carbocycles. The molecule has 1 amide bonds. The SMILES string of the molecule is C[C@@H](C(=O)N1CCOCC1)N(C)Cc1csc(Br)c1. The molecular weight excluding hydrogens is 328 g/mol. The minimum Gasteiger partial charge on any atom is -0.378 e. The molecule has 106 valence electrons. The van der Waals surface area contributed by atoms with Crippen molar-refractivity contribution in [2.24, 2.45) is 0 Å². The number of carbonyl (C=O) groups excluding carboxylic acids is 1. The monoisotopic (exact) mass is 346 g/mol. The van der Waals surface area contributed by atoms with Crippen LogP contribution in [0.1, 0.15) is 12.5 Å². The average Bonchev–Trinajstić information content (AvgIpc) is 2.83. The van der Waals surface area contributed by atoms with Crippen molar-refractivity contribution in [2.45, 2.75) is 19.5 Å². The molecule has 0 spiro atoms. The Bertz CT molecular complexity index is 432. The van der Waals surface area contributed by atoms with E-state index < -0.39 is 0 Å². The van der Waals surface area contributed by atoms with Crippen LogP contribution in [0.2, 0.25) is 0 Å². The van der Waals surface area contributed by atoms with Gasteiger partial charge in [-0.05, 0) is 46.9 Å². The third-order valence-corrected chi connectivity index (χ3v) is 4.95. The summed E-state index contributed by atoms with van der Waals surface area (Å²) in [6.45, 7) is 5.49. The zero-order valence-electron chi connectivity index (χ0n) is 11.3. The summed E-state index contributed by atoms with van der Waals surface area (Å²) < 4.78 is 6.41. The lowest BCUT2D eigenvalue weighted by Crippen LogP contribution is -2.49. The second kappa shape index (κ2) is 6.83. The minimum absolute atomic E-state index is 0.100. The lowest BCUT2D eigenvalue weighted by Gasteiger charge is -2.32. The molecule has 1 atom stereocenters. The van der Waals surface area contributed by atoms with Crippen LogP contribution in [0.25, 0.3) is 0 Å². The predicted octanol–water partition coefficient (Wildman–Crippen LogP) is 2.19. The second-order valence-electron chi connectivity index (χ2n) is 4.79. The summed E-state index contributed by atoms with van der Waals surface area (Å²) in [6.07, 6.45) is 0. The van der Waals surface area contributed by atoms with Gasteiger partial charge >= 0.3 is 0 Å². The van der Waals surface area contributed by atoms with Gasteiger partial charge in [-0.3, -0.25) is 9.69 Å². The molecule has 19 heavy (non-hydrogen) atoms. The van der Waals surface area contributed by atoms with E-state index in [4.69, 9.17) is 4.74 Å². The second-order valence-corrected chi connectivity index (χ2v) is 7.08. The first kappa shape index (κ1) is 15.0. The van der Waals surface area contributed by atoms with Gasteiger partial charge in [0.1, 0.15) is 0 Å². The van der Waals surface area contributed by atoms with Gasteiger partial charge in [-0.15, -0.1) is 11.3 Å². The van der Waals surface area contributed by atoms with Gasteiger partial charge in [0.05, 0.1) is 23.0 Å². The number of rotatable bonds is 4. The molecule has 1 saturated heterocycles. The zero-order valence-corrected chi connectivity index (χ0v) is 13.7. The Morgan fingerprint density at radius 1 is 1.58 bits per heavy atom. The third-order valence-electron chi connectivity index (χ3n) is 3.40. The zero-order chi connectivity index (χ0) is 13.8. The fraction of sp³-hybridized carbons (Fsp3) is 0.615. The van der Waals surface area contributed by atoms with Crippen LogP contribution < -0.4 is 0 Å². The molecule has 1 aliphatic heterocycles. The van der Waals surface area contributed by atoms with Crippen LogP contribution in [0.4, 0.5) is 0 Å². The van der Waals surface area contributed by atoms with Crippen LogP contribution in [-0.2, 0) is 16.1 Å². The molecular formula is C13H19BrN2O2S. The van der Waals surface area contributed by atoms with Crippen molar-refractivity contribution in [3.8, 4) is 0 Å². The summed E-state index contributed by atoms with van der Waals surface area (Å²) in [5, 5.41) is 2.12. The fourth-order valence-electron chi connectivity index (χ4n) is 2.09. The number of amides is 1. The van der Waals surface area contributed by atoms with Crippen LogP contribution in [0.15, 0.2) is 15.2 Å². The highest BCUT2D eigenvalue weighted by molar-refractivity contribution is 9.11. The number of morpholine rings is 1. The number of thiophene rings is 1. The lowest BCUT2D eigenvalue weighted by atomic mass is 10.2. The molecule has 0 radical (unpaired) electrons. The van der Waals surface area contributed by atoms with Gasteiger partial charge in [0.15, 0.2) is 0 Å².